The predicted octanol–water partition coefficient (Wildman–Crippen LogP) is 1.16. The van der Waals surface area contributed by atoms with Crippen molar-refractivity contribution in [2.45, 2.75) is 23.7 Å². The molecular weight excluding hydrogens is 505 g/mol. The second-order valence-electron chi connectivity index (χ2n) is 7.96. The smallest absolute Gasteiger partial charge is 0.497 e. The van der Waals surface area contributed by atoms with Crippen LogP contribution in [0.3, 0.4) is 0 Å². The van der Waals surface area contributed by atoms with E-state index >= 15 is 0 Å². The van der Waals surface area contributed by atoms with Crippen molar-refractivity contribution < 1.29 is 37.0 Å². The molecule has 2 aromatic rings. The van der Waals surface area contributed by atoms with Crippen LogP contribution in [0.5, 0.6) is 5.75 Å². The minimum atomic E-state index is -4.29. The number of benzene rings is 2. The number of hydrogen-bond acceptors (Lipinski definition) is 10. The maximum Gasteiger partial charge on any atom is 0.631 e. The molecule has 0 amide bonds. The van der Waals surface area contributed by atoms with Crippen LogP contribution in [0.1, 0.15) is 12.8 Å². The highest BCUT2D eigenvalue weighted by atomic mass is 32.2. The lowest BCUT2D eigenvalue weighted by atomic mass is 9.78. The molecule has 14 heteroatoms. The Hall–Kier alpha value is -3.93. The molecule has 1 aliphatic rings. The standard InChI is InChI=1S/C23H24BN3O9S/c1-26-16-22(28)35-24(36-23(29)17-26)21(10-6-3-7-15-34-19-8-4-2-5-9-19)25-37(32,33)20-13-11-18(12-14-20)27(30)31/h2,4-5,8-9,11-14,21,25H,3,7,15-17H2,1H3. The quantitative estimate of drug-likeness (QED) is 0.165. The first-order valence-corrected chi connectivity index (χ1v) is 12.6. The van der Waals surface area contributed by atoms with Crippen LogP contribution in [-0.4, -0.2) is 70.0 Å². The molecule has 1 N–H and O–H groups in total. The molecule has 1 aliphatic heterocycles. The highest BCUT2D eigenvalue weighted by molar-refractivity contribution is 7.89. The Morgan fingerprint density at radius 2 is 1.73 bits per heavy atom. The van der Waals surface area contributed by atoms with Gasteiger partial charge in [0.1, 0.15) is 11.7 Å². The van der Waals surface area contributed by atoms with Crippen LogP contribution in [-0.2, 0) is 28.9 Å². The van der Waals surface area contributed by atoms with Crippen LogP contribution < -0.4 is 9.46 Å². The summed E-state index contributed by atoms with van der Waals surface area (Å²) < 4.78 is 44.2. The average Bonchev–Trinajstić information content (AvgIpc) is 2.84. The van der Waals surface area contributed by atoms with Crippen LogP contribution in [0.2, 0.25) is 0 Å². The van der Waals surface area contributed by atoms with Crippen LogP contribution in [0.15, 0.2) is 59.5 Å². The largest absolute Gasteiger partial charge is 0.631 e. The predicted molar refractivity (Wildman–Crippen MR) is 132 cm³/mol. The van der Waals surface area contributed by atoms with E-state index in [1.54, 1.807) is 0 Å². The van der Waals surface area contributed by atoms with Crippen molar-refractivity contribution in [3.05, 3.63) is 64.7 Å². The molecule has 0 bridgehead atoms. The van der Waals surface area contributed by atoms with Crippen LogP contribution in [0.4, 0.5) is 5.69 Å². The number of nitro groups is 1. The van der Waals surface area contributed by atoms with E-state index < -0.39 is 39.9 Å². The summed E-state index contributed by atoms with van der Waals surface area (Å²) >= 11 is 0. The van der Waals surface area contributed by atoms with Crippen LogP contribution in [0, 0.1) is 22.0 Å². The summed E-state index contributed by atoms with van der Waals surface area (Å²) in [6, 6.07) is 13.3. The maximum absolute atomic E-state index is 13.0. The van der Waals surface area contributed by atoms with Gasteiger partial charge in [-0.2, -0.15) is 4.72 Å². The number of hydrogen-bond donors (Lipinski definition) is 1. The Morgan fingerprint density at radius 3 is 2.32 bits per heavy atom. The van der Waals surface area contributed by atoms with Gasteiger partial charge in [0.15, 0.2) is 0 Å². The zero-order valence-corrected chi connectivity index (χ0v) is 20.7. The molecule has 0 radical (unpaired) electrons. The van der Waals surface area contributed by atoms with E-state index in [0.717, 1.165) is 24.3 Å². The number of non-ortho nitro benzene ring substituents is 1. The zero-order valence-electron chi connectivity index (χ0n) is 19.9. The van der Waals surface area contributed by atoms with Crippen molar-refractivity contribution in [2.24, 2.45) is 0 Å². The molecule has 1 atom stereocenters. The molecule has 37 heavy (non-hydrogen) atoms. The number of carbonyl (C=O) groups is 2. The number of para-hydroxylation sites is 1. The summed E-state index contributed by atoms with van der Waals surface area (Å²) in [5.74, 6) is 3.26. The van der Waals surface area contributed by atoms with Gasteiger partial charge in [0, 0.05) is 18.6 Å². The molecule has 12 nitrogen and oxygen atoms in total. The Morgan fingerprint density at radius 1 is 1.11 bits per heavy atom. The van der Waals surface area contributed by atoms with Gasteiger partial charge in [-0.3, -0.25) is 24.6 Å². The van der Waals surface area contributed by atoms with E-state index in [1.807, 2.05) is 30.3 Å². The number of unbranched alkanes of at least 4 members (excludes halogenated alkanes) is 1. The Balaban J connectivity index is 1.75. The SMILES string of the molecule is CN1CC(=O)OB(C(C#CCCCOc2ccccc2)NS(=O)(=O)c2ccc([N+](=O)[O-])cc2)OC(=O)C1. The Bertz CT molecular complexity index is 1260. The topological polar surface area (TPSA) is 154 Å². The third-order valence-electron chi connectivity index (χ3n) is 4.92. The number of nitrogens with one attached hydrogen (secondary N) is 1. The summed E-state index contributed by atoms with van der Waals surface area (Å²) in [6.07, 6.45) is 0.818. The fourth-order valence-electron chi connectivity index (χ4n) is 3.18. The molecule has 194 valence electrons. The van der Waals surface area contributed by atoms with E-state index in [9.17, 15) is 28.1 Å². The maximum atomic E-state index is 13.0. The van der Waals surface area contributed by atoms with Gasteiger partial charge in [-0.15, -0.1) is 5.92 Å². The van der Waals surface area contributed by atoms with Gasteiger partial charge in [0.05, 0.1) is 29.5 Å². The lowest BCUT2D eigenvalue weighted by Crippen LogP contribution is -2.53. The van der Waals surface area contributed by atoms with Gasteiger partial charge >= 0.3 is 19.1 Å². The highest BCUT2D eigenvalue weighted by Crippen LogP contribution is 2.17. The second kappa shape index (κ2) is 12.9. The fourth-order valence-corrected chi connectivity index (χ4v) is 4.31. The summed E-state index contributed by atoms with van der Waals surface area (Å²) in [5, 5.41) is 10.9. The van der Waals surface area contributed by atoms with Gasteiger partial charge in [-0.05, 0) is 37.7 Å². The van der Waals surface area contributed by atoms with E-state index in [4.69, 9.17) is 14.0 Å². The molecular formula is C23H24BN3O9S. The van der Waals surface area contributed by atoms with Gasteiger partial charge in [-0.1, -0.05) is 24.1 Å². The molecule has 0 aliphatic carbocycles. The second-order valence-corrected chi connectivity index (χ2v) is 9.67. The van der Waals surface area contributed by atoms with E-state index in [1.165, 1.54) is 11.9 Å². The first-order chi connectivity index (χ1) is 17.6. The molecule has 0 aromatic heterocycles. The van der Waals surface area contributed by atoms with Crippen molar-refractivity contribution in [1.82, 2.24) is 9.62 Å². The zero-order chi connectivity index (χ0) is 26.8. The summed E-state index contributed by atoms with van der Waals surface area (Å²) in [5.41, 5.74) is -0.292. The molecule has 3 rings (SSSR count). The Kier molecular flexibility index (Phi) is 9.61. The normalized spacial score (nSPS) is 15.3. The first kappa shape index (κ1) is 27.7. The summed E-state index contributed by atoms with van der Waals surface area (Å²) in [6.45, 7) is -0.0625. The van der Waals surface area contributed by atoms with Gasteiger partial charge < -0.3 is 14.0 Å². The molecule has 1 heterocycles. The van der Waals surface area contributed by atoms with Crippen molar-refractivity contribution in [3.63, 3.8) is 0 Å². The van der Waals surface area contributed by atoms with Crippen molar-refractivity contribution >= 4 is 34.8 Å². The molecule has 2 aromatic carbocycles. The number of likely N-dealkylation sites (N-methyl/N-ethyl adjacent to an activating group) is 1. The third-order valence-corrected chi connectivity index (χ3v) is 6.38. The lowest BCUT2D eigenvalue weighted by Gasteiger charge is -2.25. The average molecular weight is 529 g/mol. The van der Waals surface area contributed by atoms with Crippen LogP contribution in [0.25, 0.3) is 0 Å². The van der Waals surface area contributed by atoms with E-state index in [-0.39, 0.29) is 23.7 Å². The number of nitrogens with zero attached hydrogens (tertiary/aromatic N) is 2. The van der Waals surface area contributed by atoms with Gasteiger partial charge in [0.2, 0.25) is 10.0 Å². The number of rotatable bonds is 9. The molecule has 1 fully saturated rings. The minimum Gasteiger partial charge on any atom is -0.497 e. The third kappa shape index (κ3) is 8.60. The fraction of sp³-hybridized carbons (Fsp3) is 0.304. The number of sulfonamides is 1. The van der Waals surface area contributed by atoms with Crippen molar-refractivity contribution in [3.8, 4) is 17.6 Å². The summed E-state index contributed by atoms with van der Waals surface area (Å²) in [4.78, 5) is 35.7. The molecule has 1 saturated heterocycles. The van der Waals surface area contributed by atoms with Gasteiger partial charge in [-0.25, -0.2) is 8.42 Å². The molecule has 1 unspecified atom stereocenters. The Labute approximate surface area is 214 Å². The van der Waals surface area contributed by atoms with Gasteiger partial charge in [0.25, 0.3) is 5.69 Å². The van der Waals surface area contributed by atoms with E-state index in [2.05, 4.69) is 16.6 Å². The monoisotopic (exact) mass is 529 g/mol. The van der Waals surface area contributed by atoms with Crippen molar-refractivity contribution in [1.29, 1.82) is 0 Å². The number of ether oxygens (including phenoxy) is 1. The first-order valence-electron chi connectivity index (χ1n) is 11.1. The highest BCUT2D eigenvalue weighted by Gasteiger charge is 2.41. The number of carbonyl (C=O) groups excluding carboxylic acids is 2. The molecule has 0 saturated carbocycles. The summed E-state index contributed by atoms with van der Waals surface area (Å²) in [7, 11) is -4.42. The lowest BCUT2D eigenvalue weighted by molar-refractivity contribution is -0.384. The molecule has 0 spiro atoms. The van der Waals surface area contributed by atoms with Crippen molar-refractivity contribution in [2.75, 3.05) is 26.7 Å². The number of nitro benzene ring substituents is 1. The van der Waals surface area contributed by atoms with Crippen LogP contribution >= 0.6 is 0 Å². The van der Waals surface area contributed by atoms with E-state index in [0.29, 0.717) is 25.2 Å². The minimum absolute atomic E-state index is 0.211.